The van der Waals surface area contributed by atoms with Gasteiger partial charge in [-0.1, -0.05) is 12.1 Å². The van der Waals surface area contributed by atoms with Crippen LogP contribution in [0.25, 0.3) is 22.6 Å². The summed E-state index contributed by atoms with van der Waals surface area (Å²) in [5.41, 5.74) is 4.09. The van der Waals surface area contributed by atoms with Crippen LogP contribution in [0.15, 0.2) is 73.1 Å². The highest BCUT2D eigenvalue weighted by molar-refractivity contribution is 6.76. The summed E-state index contributed by atoms with van der Waals surface area (Å²) in [6.07, 6.45) is 4.25. The van der Waals surface area contributed by atoms with Crippen LogP contribution in [-0.2, 0) is 18.1 Å². The third kappa shape index (κ3) is 7.38. The molecule has 0 spiro atoms. The number of carbonyl (C=O) groups excluding carboxylic acids is 1. The molecule has 4 aromatic rings. The molecule has 0 aliphatic rings. The number of nitrogens with zero attached hydrogens (tertiary/aromatic N) is 3. The number of methoxy groups -OCH3 is 1. The minimum Gasteiger partial charge on any atom is -0.497 e. The van der Waals surface area contributed by atoms with Crippen molar-refractivity contribution in [1.82, 2.24) is 14.5 Å². The monoisotopic (exact) mass is 515 g/mol. The quantitative estimate of drug-likeness (QED) is 0.125. The zero-order chi connectivity index (χ0) is 26.3. The summed E-state index contributed by atoms with van der Waals surface area (Å²) in [6.45, 7) is 8.48. The average molecular weight is 516 g/mol. The Morgan fingerprint density at radius 3 is 2.24 bits per heavy atom. The van der Waals surface area contributed by atoms with Crippen LogP contribution in [0, 0.1) is 0 Å². The second-order valence-corrected chi connectivity index (χ2v) is 15.6. The Hall–Kier alpha value is -3.75. The van der Waals surface area contributed by atoms with E-state index in [9.17, 15) is 4.79 Å². The largest absolute Gasteiger partial charge is 0.497 e. The SMILES string of the molecule is COc1ccc(COc2ccc(-c3ccc(-c4nc(C=O)cn4COCC[Si-](C)(C)C)cn3)cc2)cc1. The Balaban J connectivity index is 1.40. The number of aldehydes is 1. The van der Waals surface area contributed by atoms with Crippen LogP contribution >= 0.6 is 0 Å². The van der Waals surface area contributed by atoms with Gasteiger partial charge < -0.3 is 18.8 Å². The lowest BCUT2D eigenvalue weighted by atomic mass is 10.1. The van der Waals surface area contributed by atoms with Gasteiger partial charge >= 0.3 is 0 Å². The maximum atomic E-state index is 11.3. The van der Waals surface area contributed by atoms with Gasteiger partial charge in [-0.05, 0) is 54.1 Å². The van der Waals surface area contributed by atoms with Crippen molar-refractivity contribution in [3.05, 3.63) is 84.3 Å². The van der Waals surface area contributed by atoms with E-state index in [4.69, 9.17) is 14.2 Å². The van der Waals surface area contributed by atoms with Crippen LogP contribution < -0.4 is 9.47 Å². The summed E-state index contributed by atoms with van der Waals surface area (Å²) in [5.74, 6) is 2.27. The maximum Gasteiger partial charge on any atom is 0.170 e. The predicted octanol–water partition coefficient (Wildman–Crippen LogP) is 6.32. The highest BCUT2D eigenvalue weighted by atomic mass is 28.3. The molecule has 0 amide bonds. The summed E-state index contributed by atoms with van der Waals surface area (Å²) in [6, 6.07) is 20.7. The number of rotatable bonds is 12. The zero-order valence-corrected chi connectivity index (χ0v) is 22.8. The van der Waals surface area contributed by atoms with Crippen molar-refractivity contribution >= 4 is 14.4 Å². The summed E-state index contributed by atoms with van der Waals surface area (Å²) >= 11 is 0. The number of pyridine rings is 1. The molecule has 8 heteroatoms. The molecule has 0 atom stereocenters. The molecule has 7 nitrogen and oxygen atoms in total. The Labute approximate surface area is 219 Å². The number of ether oxygens (including phenoxy) is 3. The fraction of sp³-hybridized carbons (Fsp3) is 0.276. The van der Waals surface area contributed by atoms with Crippen LogP contribution in [0.5, 0.6) is 11.5 Å². The lowest BCUT2D eigenvalue weighted by molar-refractivity contribution is 0.0882. The molecule has 193 valence electrons. The van der Waals surface area contributed by atoms with Crippen molar-refractivity contribution in [2.75, 3.05) is 13.7 Å². The van der Waals surface area contributed by atoms with E-state index >= 15 is 0 Å². The normalized spacial score (nSPS) is 11.4. The topological polar surface area (TPSA) is 75.5 Å². The van der Waals surface area contributed by atoms with Crippen molar-refractivity contribution in [2.45, 2.75) is 39.0 Å². The fourth-order valence-electron chi connectivity index (χ4n) is 3.67. The van der Waals surface area contributed by atoms with E-state index in [1.54, 1.807) is 19.5 Å². The van der Waals surface area contributed by atoms with Crippen molar-refractivity contribution in [3.63, 3.8) is 0 Å². The highest BCUT2D eigenvalue weighted by Gasteiger charge is 2.12. The Morgan fingerprint density at radius 1 is 0.919 bits per heavy atom. The first-order valence-corrected chi connectivity index (χ1v) is 16.0. The molecule has 37 heavy (non-hydrogen) atoms. The smallest absolute Gasteiger partial charge is 0.170 e. The predicted molar refractivity (Wildman–Crippen MR) is 148 cm³/mol. The van der Waals surface area contributed by atoms with Crippen LogP contribution in [0.4, 0.5) is 0 Å². The molecule has 0 bridgehead atoms. The first-order chi connectivity index (χ1) is 17.8. The zero-order valence-electron chi connectivity index (χ0n) is 21.8. The van der Waals surface area contributed by atoms with Gasteiger partial charge in [-0.2, -0.15) is 19.6 Å². The van der Waals surface area contributed by atoms with E-state index in [0.717, 1.165) is 46.2 Å². The van der Waals surface area contributed by atoms with Gasteiger partial charge in [0.25, 0.3) is 0 Å². The molecule has 0 saturated heterocycles. The van der Waals surface area contributed by atoms with Crippen molar-refractivity contribution < 1.29 is 19.0 Å². The lowest BCUT2D eigenvalue weighted by Gasteiger charge is -2.26. The number of carbonyl (C=O) groups is 1. The van der Waals surface area contributed by atoms with Gasteiger partial charge in [-0.25, -0.2) is 4.98 Å². The first-order valence-electron chi connectivity index (χ1n) is 12.3. The van der Waals surface area contributed by atoms with Gasteiger partial charge in [0.15, 0.2) is 6.29 Å². The third-order valence-electron chi connectivity index (χ3n) is 5.88. The summed E-state index contributed by atoms with van der Waals surface area (Å²) in [4.78, 5) is 20.4. The molecule has 0 aliphatic carbocycles. The van der Waals surface area contributed by atoms with E-state index < -0.39 is 8.07 Å². The minimum absolute atomic E-state index is 0.348. The van der Waals surface area contributed by atoms with Gasteiger partial charge in [0, 0.05) is 30.1 Å². The Kier molecular flexibility index (Phi) is 8.53. The summed E-state index contributed by atoms with van der Waals surface area (Å²) in [7, 11) is 0.484. The van der Waals surface area contributed by atoms with Gasteiger partial charge in [-0.15, -0.1) is 14.1 Å². The van der Waals surface area contributed by atoms with Crippen molar-refractivity contribution in [2.24, 2.45) is 0 Å². The van der Waals surface area contributed by atoms with Gasteiger partial charge in [-0.3, -0.25) is 9.78 Å². The molecule has 0 saturated carbocycles. The molecule has 2 heterocycles. The molecule has 2 aromatic carbocycles. The number of benzene rings is 2. The number of hydrogen-bond acceptors (Lipinski definition) is 6. The second-order valence-electron chi connectivity index (χ2n) is 10.0. The molecule has 4 rings (SSSR count). The van der Waals surface area contributed by atoms with Gasteiger partial charge in [0.2, 0.25) is 0 Å². The van der Waals surface area contributed by atoms with E-state index in [1.807, 2.05) is 65.2 Å². The van der Waals surface area contributed by atoms with Gasteiger partial charge in [0.1, 0.15) is 36.4 Å². The molecule has 0 unspecified atom stereocenters. The minimum atomic E-state index is -1.17. The highest BCUT2D eigenvalue weighted by Crippen LogP contribution is 2.25. The standard InChI is InChI=1S/C29H33N3O4Si/c1-34-26-10-5-22(6-11-26)20-36-27-12-7-23(8-13-27)28-14-9-24(17-30-28)29-31-25(19-33)18-32(29)21-35-15-16-37(2,3)4/h5-14,17-19H,15-16,20-21H2,1-4H3/q-1. The van der Waals surface area contributed by atoms with E-state index in [1.165, 1.54) is 0 Å². The average Bonchev–Trinajstić information content (AvgIpc) is 3.33. The molecule has 0 radical (unpaired) electrons. The Bertz CT molecular complexity index is 1300. The summed E-state index contributed by atoms with van der Waals surface area (Å²) in [5, 5.41) is 0. The lowest BCUT2D eigenvalue weighted by Crippen LogP contribution is -2.22. The molecule has 0 N–H and O–H groups in total. The van der Waals surface area contributed by atoms with E-state index in [2.05, 4.69) is 29.6 Å². The molecule has 2 aromatic heterocycles. The third-order valence-corrected chi connectivity index (χ3v) is 7.58. The van der Waals surface area contributed by atoms with Crippen molar-refractivity contribution in [1.29, 1.82) is 0 Å². The Morgan fingerprint density at radius 2 is 1.62 bits per heavy atom. The summed E-state index contributed by atoms with van der Waals surface area (Å²) < 4.78 is 18.8. The molecule has 0 fully saturated rings. The molecule has 0 aliphatic heterocycles. The van der Waals surface area contributed by atoms with Crippen LogP contribution in [0.2, 0.25) is 25.7 Å². The number of imidazole rings is 1. The van der Waals surface area contributed by atoms with E-state index in [0.29, 0.717) is 31.5 Å². The van der Waals surface area contributed by atoms with Gasteiger partial charge in [0.05, 0.1) is 12.8 Å². The van der Waals surface area contributed by atoms with Crippen molar-refractivity contribution in [3.8, 4) is 34.1 Å². The second kappa shape index (κ2) is 12.0. The van der Waals surface area contributed by atoms with Crippen LogP contribution in [-0.4, -0.2) is 42.6 Å². The van der Waals surface area contributed by atoms with Crippen LogP contribution in [0.1, 0.15) is 16.1 Å². The first kappa shape index (κ1) is 26.3. The fourth-order valence-corrected chi connectivity index (χ4v) is 4.43. The molecular formula is C29H33N3O4Si-. The number of aromatic nitrogens is 3. The van der Waals surface area contributed by atoms with E-state index in [-0.39, 0.29) is 0 Å². The number of hydrogen-bond donors (Lipinski definition) is 0. The molecular weight excluding hydrogens is 482 g/mol. The maximum absolute atomic E-state index is 11.3. The van der Waals surface area contributed by atoms with Crippen LogP contribution in [0.3, 0.4) is 0 Å².